The fourth-order valence-electron chi connectivity index (χ4n) is 3.70. The first-order valence-corrected chi connectivity index (χ1v) is 11.1. The molecule has 2 aliphatic rings. The SMILES string of the molecule is CCCN(C(=O)c1ccc(C)c(S(=O)(=O)N2CCOCC2)c1)C1CCNC1. The fraction of sp³-hybridized carbons (Fsp3) is 0.632. The van der Waals surface area contributed by atoms with Gasteiger partial charge in [-0.1, -0.05) is 13.0 Å². The van der Waals surface area contributed by atoms with E-state index in [-0.39, 0.29) is 16.8 Å². The Labute approximate surface area is 161 Å². The van der Waals surface area contributed by atoms with E-state index in [1.54, 1.807) is 25.1 Å². The van der Waals surface area contributed by atoms with Crippen LogP contribution in [-0.2, 0) is 14.8 Å². The minimum atomic E-state index is -3.64. The first-order valence-electron chi connectivity index (χ1n) is 9.65. The Morgan fingerprint density at radius 3 is 2.70 bits per heavy atom. The highest BCUT2D eigenvalue weighted by Crippen LogP contribution is 2.24. The van der Waals surface area contributed by atoms with Gasteiger partial charge in [-0.3, -0.25) is 4.79 Å². The lowest BCUT2D eigenvalue weighted by molar-refractivity contribution is 0.0691. The second kappa shape index (κ2) is 8.68. The lowest BCUT2D eigenvalue weighted by Crippen LogP contribution is -2.42. The number of rotatable bonds is 6. The fourth-order valence-corrected chi connectivity index (χ4v) is 5.36. The van der Waals surface area contributed by atoms with Crippen LogP contribution in [0.3, 0.4) is 0 Å². The molecule has 1 unspecified atom stereocenters. The van der Waals surface area contributed by atoms with Gasteiger partial charge in [0.15, 0.2) is 0 Å². The van der Waals surface area contributed by atoms with Crippen LogP contribution in [0.25, 0.3) is 0 Å². The molecular weight excluding hydrogens is 366 g/mol. The van der Waals surface area contributed by atoms with Gasteiger partial charge in [-0.05, 0) is 44.0 Å². The Kier molecular flexibility index (Phi) is 6.52. The summed E-state index contributed by atoms with van der Waals surface area (Å²) in [6.45, 7) is 7.67. The molecule has 0 aromatic heterocycles. The number of nitrogens with one attached hydrogen (secondary N) is 1. The number of benzene rings is 1. The van der Waals surface area contributed by atoms with Crippen LogP contribution < -0.4 is 5.32 Å². The summed E-state index contributed by atoms with van der Waals surface area (Å²) < 4.78 is 32.8. The molecule has 2 aliphatic heterocycles. The number of aryl methyl sites for hydroxylation is 1. The molecule has 2 fully saturated rings. The Bertz CT molecular complexity index is 769. The largest absolute Gasteiger partial charge is 0.379 e. The van der Waals surface area contributed by atoms with Crippen LogP contribution in [0, 0.1) is 6.92 Å². The van der Waals surface area contributed by atoms with Crippen molar-refractivity contribution in [1.82, 2.24) is 14.5 Å². The van der Waals surface area contributed by atoms with E-state index in [0.717, 1.165) is 25.9 Å². The minimum Gasteiger partial charge on any atom is -0.379 e. The molecule has 0 aliphatic carbocycles. The third kappa shape index (κ3) is 4.34. The zero-order valence-corrected chi connectivity index (χ0v) is 16.9. The van der Waals surface area contributed by atoms with E-state index >= 15 is 0 Å². The van der Waals surface area contributed by atoms with Crippen molar-refractivity contribution < 1.29 is 17.9 Å². The molecule has 1 amide bonds. The number of hydrogen-bond acceptors (Lipinski definition) is 5. The Morgan fingerprint density at radius 2 is 2.07 bits per heavy atom. The highest BCUT2D eigenvalue weighted by molar-refractivity contribution is 7.89. The second-order valence-electron chi connectivity index (χ2n) is 7.14. The van der Waals surface area contributed by atoms with Crippen molar-refractivity contribution in [2.75, 3.05) is 45.9 Å². The van der Waals surface area contributed by atoms with Crippen LogP contribution in [0.2, 0.25) is 0 Å². The van der Waals surface area contributed by atoms with Crippen molar-refractivity contribution in [3.05, 3.63) is 29.3 Å². The molecule has 8 heteroatoms. The molecule has 150 valence electrons. The maximum atomic E-state index is 13.2. The number of nitrogens with zero attached hydrogens (tertiary/aromatic N) is 2. The Morgan fingerprint density at radius 1 is 1.33 bits per heavy atom. The first-order chi connectivity index (χ1) is 12.9. The van der Waals surface area contributed by atoms with E-state index in [1.165, 1.54) is 4.31 Å². The molecule has 0 bridgehead atoms. The molecule has 0 saturated carbocycles. The first kappa shape index (κ1) is 20.3. The molecule has 2 heterocycles. The van der Waals surface area contributed by atoms with Crippen LogP contribution in [0.5, 0.6) is 0 Å². The Balaban J connectivity index is 1.90. The molecule has 1 atom stereocenters. The highest BCUT2D eigenvalue weighted by atomic mass is 32.2. The maximum Gasteiger partial charge on any atom is 0.254 e. The lowest BCUT2D eigenvalue weighted by Gasteiger charge is -2.29. The van der Waals surface area contributed by atoms with Crippen LogP contribution in [0.1, 0.15) is 35.7 Å². The predicted octanol–water partition coefficient (Wildman–Crippen LogP) is 1.23. The van der Waals surface area contributed by atoms with E-state index in [4.69, 9.17) is 4.74 Å². The summed E-state index contributed by atoms with van der Waals surface area (Å²) in [6.07, 6.45) is 1.80. The van der Waals surface area contributed by atoms with Crippen molar-refractivity contribution in [1.29, 1.82) is 0 Å². The molecule has 0 radical (unpaired) electrons. The molecule has 1 aromatic rings. The lowest BCUT2D eigenvalue weighted by atomic mass is 10.1. The van der Waals surface area contributed by atoms with Crippen molar-refractivity contribution in [2.45, 2.75) is 37.6 Å². The van der Waals surface area contributed by atoms with Crippen LogP contribution in [0.15, 0.2) is 23.1 Å². The summed E-state index contributed by atoms with van der Waals surface area (Å²) in [5, 5.41) is 3.30. The standard InChI is InChI=1S/C19H29N3O4S/c1-3-8-22(17-6-7-20-14-17)19(23)16-5-4-15(2)18(13-16)27(24,25)21-9-11-26-12-10-21/h4-5,13,17,20H,3,6-12,14H2,1-2H3. The predicted molar refractivity (Wildman–Crippen MR) is 103 cm³/mol. The molecule has 3 rings (SSSR count). The summed E-state index contributed by atoms with van der Waals surface area (Å²) in [5.74, 6) is -0.0935. The van der Waals surface area contributed by atoms with Crippen LogP contribution in [0.4, 0.5) is 0 Å². The molecule has 0 spiro atoms. The topological polar surface area (TPSA) is 79.0 Å². The monoisotopic (exact) mass is 395 g/mol. The number of amides is 1. The molecule has 1 aromatic carbocycles. The normalized spacial score (nSPS) is 21.3. The van der Waals surface area contributed by atoms with E-state index < -0.39 is 10.0 Å². The summed E-state index contributed by atoms with van der Waals surface area (Å²) >= 11 is 0. The second-order valence-corrected chi connectivity index (χ2v) is 9.05. The van der Waals surface area contributed by atoms with Gasteiger partial charge in [0, 0.05) is 37.8 Å². The zero-order chi connectivity index (χ0) is 19.4. The average Bonchev–Trinajstić information content (AvgIpc) is 3.21. The van der Waals surface area contributed by atoms with Gasteiger partial charge in [-0.25, -0.2) is 8.42 Å². The maximum absolute atomic E-state index is 13.2. The number of ether oxygens (including phenoxy) is 1. The van der Waals surface area contributed by atoms with Crippen LogP contribution in [-0.4, -0.2) is 75.5 Å². The van der Waals surface area contributed by atoms with Crippen LogP contribution >= 0.6 is 0 Å². The summed E-state index contributed by atoms with van der Waals surface area (Å²) in [4.78, 5) is 15.3. The van der Waals surface area contributed by atoms with Gasteiger partial charge in [-0.15, -0.1) is 0 Å². The van der Waals surface area contributed by atoms with Gasteiger partial charge in [-0.2, -0.15) is 4.31 Å². The van der Waals surface area contributed by atoms with Gasteiger partial charge in [0.1, 0.15) is 0 Å². The molecular formula is C19H29N3O4S. The third-order valence-corrected chi connectivity index (χ3v) is 7.26. The van der Waals surface area contributed by atoms with Gasteiger partial charge in [0.2, 0.25) is 10.0 Å². The number of morpholine rings is 1. The molecule has 1 N–H and O–H groups in total. The molecule has 27 heavy (non-hydrogen) atoms. The summed E-state index contributed by atoms with van der Waals surface area (Å²) in [6, 6.07) is 5.18. The van der Waals surface area contributed by atoms with E-state index in [1.807, 2.05) is 11.8 Å². The smallest absolute Gasteiger partial charge is 0.254 e. The third-order valence-electron chi connectivity index (χ3n) is 5.22. The molecule has 7 nitrogen and oxygen atoms in total. The van der Waals surface area contributed by atoms with Crippen molar-refractivity contribution in [3.63, 3.8) is 0 Å². The Hall–Kier alpha value is -1.48. The van der Waals surface area contributed by atoms with E-state index in [0.29, 0.717) is 44.0 Å². The van der Waals surface area contributed by atoms with Crippen molar-refractivity contribution in [2.24, 2.45) is 0 Å². The van der Waals surface area contributed by atoms with E-state index in [2.05, 4.69) is 5.32 Å². The van der Waals surface area contributed by atoms with Gasteiger partial charge < -0.3 is 15.0 Å². The average molecular weight is 396 g/mol. The number of carbonyl (C=O) groups excluding carboxylic acids is 1. The number of hydrogen-bond donors (Lipinski definition) is 1. The minimum absolute atomic E-state index is 0.0935. The quantitative estimate of drug-likeness (QED) is 0.784. The molecule has 2 saturated heterocycles. The zero-order valence-electron chi connectivity index (χ0n) is 16.1. The van der Waals surface area contributed by atoms with Crippen molar-refractivity contribution in [3.8, 4) is 0 Å². The summed E-state index contributed by atoms with van der Waals surface area (Å²) in [7, 11) is -3.64. The van der Waals surface area contributed by atoms with Gasteiger partial charge in [0.05, 0.1) is 18.1 Å². The van der Waals surface area contributed by atoms with Crippen molar-refractivity contribution >= 4 is 15.9 Å². The highest BCUT2D eigenvalue weighted by Gasteiger charge is 2.30. The van der Waals surface area contributed by atoms with E-state index in [9.17, 15) is 13.2 Å². The number of sulfonamides is 1. The van der Waals surface area contributed by atoms with Gasteiger partial charge >= 0.3 is 0 Å². The summed E-state index contributed by atoms with van der Waals surface area (Å²) in [5.41, 5.74) is 1.09. The number of carbonyl (C=O) groups is 1. The van der Waals surface area contributed by atoms with Gasteiger partial charge in [0.25, 0.3) is 5.91 Å².